The number of allylic oxidation sites excluding steroid dienone is 1. The van der Waals surface area contributed by atoms with Gasteiger partial charge in [-0.1, -0.05) is 148 Å². The lowest BCUT2D eigenvalue weighted by atomic mass is 10.0. The first-order valence-corrected chi connectivity index (χ1v) is 21.2. The van der Waals surface area contributed by atoms with E-state index in [9.17, 15) is 24.4 Å². The van der Waals surface area contributed by atoms with Gasteiger partial charge in [-0.25, -0.2) is 4.57 Å². The van der Waals surface area contributed by atoms with Crippen molar-refractivity contribution in [3.8, 4) is 0 Å². The number of unbranched alkanes of at least 4 members (excludes halogenated alkanes) is 20. The summed E-state index contributed by atoms with van der Waals surface area (Å²) in [5.74, 6) is -0.990. The first kappa shape index (κ1) is 47.7. The minimum absolute atomic E-state index is 0.172. The van der Waals surface area contributed by atoms with Crippen LogP contribution in [0.25, 0.3) is 0 Å². The molecule has 0 aliphatic rings. The molecule has 290 valence electrons. The summed E-state index contributed by atoms with van der Waals surface area (Å²) in [6, 6.07) is 0. The molecule has 0 aliphatic carbocycles. The fourth-order valence-corrected chi connectivity index (χ4v) is 5.99. The summed E-state index contributed by atoms with van der Waals surface area (Å²) < 4.78 is 26.3. The molecule has 10 nitrogen and oxygen atoms in total. The van der Waals surface area contributed by atoms with E-state index in [1.807, 2.05) is 6.08 Å². The van der Waals surface area contributed by atoms with Crippen molar-refractivity contribution in [2.75, 3.05) is 13.2 Å². The minimum atomic E-state index is -4.78. The van der Waals surface area contributed by atoms with Crippen molar-refractivity contribution in [1.29, 1.82) is 0 Å². The van der Waals surface area contributed by atoms with Crippen molar-refractivity contribution in [3.05, 3.63) is 12.2 Å². The monoisotopic (exact) mass is 720 g/mol. The number of hydrogen-bond acceptors (Lipinski definition) is 8. The second-order valence-electron chi connectivity index (χ2n) is 13.6. The highest BCUT2D eigenvalue weighted by Crippen LogP contribution is 2.36. The summed E-state index contributed by atoms with van der Waals surface area (Å²) in [5.41, 5.74) is 0. The Morgan fingerprint density at radius 1 is 0.592 bits per heavy atom. The Balaban J connectivity index is 4.05. The Bertz CT molecular complexity index is 846. The van der Waals surface area contributed by atoms with Gasteiger partial charge in [0.25, 0.3) is 0 Å². The van der Waals surface area contributed by atoms with Gasteiger partial charge in [-0.05, 0) is 38.5 Å². The van der Waals surface area contributed by atoms with Gasteiger partial charge >= 0.3 is 19.8 Å². The van der Waals surface area contributed by atoms with Gasteiger partial charge in [-0.2, -0.15) is 0 Å². The molecule has 11 heteroatoms. The quantitative estimate of drug-likeness (QED) is 0.0212. The average Bonchev–Trinajstić information content (AvgIpc) is 3.06. The molecule has 0 rings (SSSR count). The number of hydrogen-bond donors (Lipinski definition) is 4. The number of rotatable bonds is 36. The predicted octanol–water partition coefficient (Wildman–Crippen LogP) is 9.40. The topological polar surface area (TPSA) is 160 Å². The molecule has 0 aromatic heterocycles. The maximum absolute atomic E-state index is 12.4. The van der Waals surface area contributed by atoms with E-state index in [1.165, 1.54) is 77.0 Å². The molecule has 3 atom stereocenters. The zero-order valence-electron chi connectivity index (χ0n) is 31.1. The lowest BCUT2D eigenvalue weighted by molar-refractivity contribution is -0.161. The van der Waals surface area contributed by atoms with Crippen molar-refractivity contribution in [2.45, 2.75) is 206 Å². The van der Waals surface area contributed by atoms with Crippen LogP contribution >= 0.6 is 7.82 Å². The summed E-state index contributed by atoms with van der Waals surface area (Å²) in [6.07, 6.45) is 28.1. The van der Waals surface area contributed by atoms with Gasteiger partial charge in [0, 0.05) is 12.8 Å². The summed E-state index contributed by atoms with van der Waals surface area (Å²) >= 11 is 0. The molecular weight excluding hydrogens is 647 g/mol. The Labute approximate surface area is 298 Å². The molecule has 0 unspecified atom stereocenters. The van der Waals surface area contributed by atoms with E-state index in [1.54, 1.807) is 0 Å². The third-order valence-corrected chi connectivity index (χ3v) is 9.22. The first-order chi connectivity index (χ1) is 23.6. The van der Waals surface area contributed by atoms with Crippen LogP contribution in [0.3, 0.4) is 0 Å². The van der Waals surface area contributed by atoms with Crippen molar-refractivity contribution in [3.63, 3.8) is 0 Å². The van der Waals surface area contributed by atoms with Crippen LogP contribution in [0.5, 0.6) is 0 Å². The second kappa shape index (κ2) is 33.8. The molecule has 0 saturated heterocycles. The molecule has 0 heterocycles. The molecule has 0 aliphatic heterocycles. The van der Waals surface area contributed by atoms with Crippen LogP contribution in [0.2, 0.25) is 0 Å². The van der Waals surface area contributed by atoms with Crippen LogP contribution in [0, 0.1) is 0 Å². The maximum atomic E-state index is 12.4. The van der Waals surface area contributed by atoms with Gasteiger partial charge in [0.1, 0.15) is 6.61 Å². The molecule has 0 bridgehead atoms. The molecule has 0 aromatic rings. The lowest BCUT2D eigenvalue weighted by Crippen LogP contribution is -2.29. The molecule has 0 saturated carbocycles. The third kappa shape index (κ3) is 34.9. The summed E-state index contributed by atoms with van der Waals surface area (Å²) in [4.78, 5) is 42.7. The molecule has 0 spiro atoms. The zero-order chi connectivity index (χ0) is 36.4. The SMILES string of the molecule is CCCCC/C=C\C[C@@H](O)[C@H](O)CCCCCCCC(=O)OC[C@H](COP(=O)(O)O)OC(=O)CCCCCCCCCCCCCCCC. The van der Waals surface area contributed by atoms with E-state index in [0.717, 1.165) is 57.8 Å². The fraction of sp³-hybridized carbons (Fsp3) is 0.895. The van der Waals surface area contributed by atoms with Crippen molar-refractivity contribution in [1.82, 2.24) is 0 Å². The van der Waals surface area contributed by atoms with Crippen LogP contribution < -0.4 is 0 Å². The van der Waals surface area contributed by atoms with Gasteiger partial charge in [-0.3, -0.25) is 14.1 Å². The number of carbonyl (C=O) groups is 2. The maximum Gasteiger partial charge on any atom is 0.469 e. The highest BCUT2D eigenvalue weighted by atomic mass is 31.2. The minimum Gasteiger partial charge on any atom is -0.462 e. The van der Waals surface area contributed by atoms with Gasteiger partial charge in [-0.15, -0.1) is 0 Å². The molecule has 4 N–H and O–H groups in total. The van der Waals surface area contributed by atoms with Crippen LogP contribution in [-0.2, 0) is 28.2 Å². The lowest BCUT2D eigenvalue weighted by Gasteiger charge is -2.18. The summed E-state index contributed by atoms with van der Waals surface area (Å²) in [6.45, 7) is 3.50. The van der Waals surface area contributed by atoms with Gasteiger partial charge in [0.05, 0.1) is 18.8 Å². The third-order valence-electron chi connectivity index (χ3n) is 8.73. The number of ether oxygens (including phenoxy) is 2. The highest BCUT2D eigenvalue weighted by Gasteiger charge is 2.23. The Kier molecular flexibility index (Phi) is 32.9. The van der Waals surface area contributed by atoms with E-state index in [2.05, 4.69) is 24.4 Å². The largest absolute Gasteiger partial charge is 0.469 e. The second-order valence-corrected chi connectivity index (χ2v) is 14.8. The molecule has 0 aromatic carbocycles. The highest BCUT2D eigenvalue weighted by molar-refractivity contribution is 7.46. The van der Waals surface area contributed by atoms with Crippen molar-refractivity contribution in [2.24, 2.45) is 0 Å². The summed E-state index contributed by atoms with van der Waals surface area (Å²) in [5, 5.41) is 20.3. The van der Waals surface area contributed by atoms with Crippen molar-refractivity contribution < 1.29 is 48.2 Å². The smallest absolute Gasteiger partial charge is 0.462 e. The number of carbonyl (C=O) groups excluding carboxylic acids is 2. The molecular formula is C38H73O10P. The number of phosphoric acid groups is 1. The number of esters is 2. The first-order valence-electron chi connectivity index (χ1n) is 19.6. The Hall–Kier alpha value is -1.29. The van der Waals surface area contributed by atoms with Crippen LogP contribution in [0.1, 0.15) is 187 Å². The molecule has 0 fully saturated rings. The van der Waals surface area contributed by atoms with E-state index >= 15 is 0 Å². The Morgan fingerprint density at radius 2 is 1.06 bits per heavy atom. The van der Waals surface area contributed by atoms with E-state index in [0.29, 0.717) is 25.7 Å². The van der Waals surface area contributed by atoms with Crippen LogP contribution in [-0.4, -0.2) is 63.5 Å². The predicted molar refractivity (Wildman–Crippen MR) is 196 cm³/mol. The fourth-order valence-electron chi connectivity index (χ4n) is 5.63. The number of aliphatic hydroxyl groups is 2. The van der Waals surface area contributed by atoms with Crippen molar-refractivity contribution >= 4 is 19.8 Å². The zero-order valence-corrected chi connectivity index (χ0v) is 32.0. The van der Waals surface area contributed by atoms with Crippen LogP contribution in [0.4, 0.5) is 0 Å². The molecule has 0 radical (unpaired) electrons. The standard InChI is InChI=1S/C38H73O10P/c1-3-5-7-9-11-12-13-14-15-16-17-18-22-27-31-38(42)48-34(33-47-49(43,44)45)32-46-37(41)30-26-23-19-21-25-29-36(40)35(39)28-24-20-10-8-6-4-2/h20,24,34-36,39-40H,3-19,21-23,25-33H2,1-2H3,(H2,43,44,45)/b24-20-/t34-,35-,36-/m1/s1. The normalized spacial score (nSPS) is 13.8. The van der Waals surface area contributed by atoms with E-state index in [-0.39, 0.29) is 19.4 Å². The number of aliphatic hydroxyl groups excluding tert-OH is 2. The number of phosphoric ester groups is 1. The average molecular weight is 721 g/mol. The molecule has 0 amide bonds. The summed E-state index contributed by atoms with van der Waals surface area (Å²) in [7, 11) is -4.78. The van der Waals surface area contributed by atoms with Gasteiger partial charge in [0.15, 0.2) is 6.10 Å². The van der Waals surface area contributed by atoms with Gasteiger partial charge < -0.3 is 29.5 Å². The Morgan fingerprint density at radius 3 is 1.59 bits per heavy atom. The van der Waals surface area contributed by atoms with E-state index < -0.39 is 44.7 Å². The van der Waals surface area contributed by atoms with Crippen LogP contribution in [0.15, 0.2) is 12.2 Å². The molecule has 49 heavy (non-hydrogen) atoms. The van der Waals surface area contributed by atoms with E-state index in [4.69, 9.17) is 19.3 Å². The van der Waals surface area contributed by atoms with Gasteiger partial charge in [0.2, 0.25) is 0 Å².